The van der Waals surface area contributed by atoms with E-state index in [4.69, 9.17) is 4.74 Å². The first-order valence-corrected chi connectivity index (χ1v) is 7.33. The van der Waals surface area contributed by atoms with Crippen LogP contribution in [0.15, 0.2) is 24.3 Å². The summed E-state index contributed by atoms with van der Waals surface area (Å²) in [6.07, 6.45) is 2.51. The van der Waals surface area contributed by atoms with Gasteiger partial charge in [-0.3, -0.25) is 4.79 Å². The number of benzene rings is 1. The molecule has 1 aliphatic carbocycles. The van der Waals surface area contributed by atoms with Crippen molar-refractivity contribution in [2.75, 3.05) is 20.2 Å². The molecular formula is C17H25NO2. The maximum Gasteiger partial charge on any atom is 0.260 e. The minimum Gasteiger partial charge on any atom is -0.484 e. The summed E-state index contributed by atoms with van der Waals surface area (Å²) in [4.78, 5) is 13.7. The van der Waals surface area contributed by atoms with Crippen molar-refractivity contribution in [1.29, 1.82) is 0 Å². The quantitative estimate of drug-likeness (QED) is 0.825. The Labute approximate surface area is 121 Å². The lowest BCUT2D eigenvalue weighted by atomic mass is 9.87. The van der Waals surface area contributed by atoms with Gasteiger partial charge in [0.1, 0.15) is 5.75 Å². The number of amides is 1. The van der Waals surface area contributed by atoms with Crippen molar-refractivity contribution >= 4 is 5.91 Å². The average molecular weight is 275 g/mol. The number of rotatable bonds is 5. The van der Waals surface area contributed by atoms with Crippen LogP contribution in [0.1, 0.15) is 39.2 Å². The molecule has 0 bridgehead atoms. The van der Waals surface area contributed by atoms with Crippen LogP contribution in [0.25, 0.3) is 0 Å². The van der Waals surface area contributed by atoms with Crippen molar-refractivity contribution in [3.8, 4) is 5.75 Å². The third-order valence-electron chi connectivity index (χ3n) is 3.74. The van der Waals surface area contributed by atoms with Crippen LogP contribution in [0.4, 0.5) is 0 Å². The zero-order chi connectivity index (χ0) is 14.8. The number of ether oxygens (including phenoxy) is 1. The van der Waals surface area contributed by atoms with Gasteiger partial charge in [-0.15, -0.1) is 0 Å². The molecule has 3 heteroatoms. The maximum absolute atomic E-state index is 11.9. The van der Waals surface area contributed by atoms with Crippen LogP contribution in [-0.4, -0.2) is 31.0 Å². The van der Waals surface area contributed by atoms with Gasteiger partial charge in [0.05, 0.1) is 0 Å². The molecule has 0 unspecified atom stereocenters. The molecular weight excluding hydrogens is 250 g/mol. The van der Waals surface area contributed by atoms with Crippen LogP contribution < -0.4 is 4.74 Å². The molecule has 0 saturated heterocycles. The molecule has 1 saturated carbocycles. The van der Waals surface area contributed by atoms with Crippen LogP contribution in [0.3, 0.4) is 0 Å². The second-order valence-corrected chi connectivity index (χ2v) is 6.78. The van der Waals surface area contributed by atoms with Crippen LogP contribution in [0, 0.1) is 5.92 Å². The number of nitrogens with zero attached hydrogens (tertiary/aromatic N) is 1. The van der Waals surface area contributed by atoms with E-state index < -0.39 is 0 Å². The Morgan fingerprint density at radius 1 is 1.25 bits per heavy atom. The molecule has 1 aromatic carbocycles. The Balaban J connectivity index is 1.82. The molecule has 0 heterocycles. The summed E-state index contributed by atoms with van der Waals surface area (Å²) in [7, 11) is 1.85. The Morgan fingerprint density at radius 2 is 1.85 bits per heavy atom. The maximum atomic E-state index is 11.9. The third kappa shape index (κ3) is 4.26. The summed E-state index contributed by atoms with van der Waals surface area (Å²) >= 11 is 0. The summed E-state index contributed by atoms with van der Waals surface area (Å²) in [5, 5.41) is 0. The monoisotopic (exact) mass is 275 g/mol. The van der Waals surface area contributed by atoms with Gasteiger partial charge >= 0.3 is 0 Å². The van der Waals surface area contributed by atoms with E-state index in [0.717, 1.165) is 18.2 Å². The summed E-state index contributed by atoms with van der Waals surface area (Å²) < 4.78 is 5.57. The lowest BCUT2D eigenvalue weighted by Gasteiger charge is -2.20. The van der Waals surface area contributed by atoms with Gasteiger partial charge in [-0.25, -0.2) is 0 Å². The first-order chi connectivity index (χ1) is 9.36. The van der Waals surface area contributed by atoms with Gasteiger partial charge in [0, 0.05) is 13.6 Å². The molecule has 3 nitrogen and oxygen atoms in total. The number of likely N-dealkylation sites (N-methyl/N-ethyl adjacent to an activating group) is 1. The zero-order valence-corrected chi connectivity index (χ0v) is 13.0. The van der Waals surface area contributed by atoms with E-state index in [-0.39, 0.29) is 17.9 Å². The van der Waals surface area contributed by atoms with Gasteiger partial charge in [-0.1, -0.05) is 32.9 Å². The van der Waals surface area contributed by atoms with Crippen molar-refractivity contribution in [1.82, 2.24) is 4.90 Å². The number of carbonyl (C=O) groups is 1. The van der Waals surface area contributed by atoms with E-state index in [1.165, 1.54) is 18.4 Å². The molecule has 1 aliphatic rings. The molecule has 110 valence electrons. The lowest BCUT2D eigenvalue weighted by molar-refractivity contribution is -0.132. The Kier molecular flexibility index (Phi) is 4.36. The molecule has 0 spiro atoms. The predicted octanol–water partition coefficient (Wildman–Crippen LogP) is 3.23. The second kappa shape index (κ2) is 5.86. The number of carbonyl (C=O) groups excluding carboxylic acids is 1. The molecule has 0 radical (unpaired) electrons. The fourth-order valence-corrected chi connectivity index (χ4v) is 2.10. The predicted molar refractivity (Wildman–Crippen MR) is 81.0 cm³/mol. The molecule has 0 N–H and O–H groups in total. The summed E-state index contributed by atoms with van der Waals surface area (Å²) in [6, 6.07) is 8.00. The van der Waals surface area contributed by atoms with E-state index in [0.29, 0.717) is 0 Å². The number of hydrogen-bond donors (Lipinski definition) is 0. The van der Waals surface area contributed by atoms with Gasteiger partial charge < -0.3 is 9.64 Å². The lowest BCUT2D eigenvalue weighted by Crippen LogP contribution is -2.32. The molecule has 1 fully saturated rings. The highest BCUT2D eigenvalue weighted by Crippen LogP contribution is 2.29. The van der Waals surface area contributed by atoms with Crippen molar-refractivity contribution in [3.05, 3.63) is 29.8 Å². The van der Waals surface area contributed by atoms with Crippen LogP contribution >= 0.6 is 0 Å². The van der Waals surface area contributed by atoms with Crippen molar-refractivity contribution in [2.45, 2.75) is 39.0 Å². The average Bonchev–Trinajstić information content (AvgIpc) is 3.19. The van der Waals surface area contributed by atoms with Gasteiger partial charge in [0.25, 0.3) is 5.91 Å². The fourth-order valence-electron chi connectivity index (χ4n) is 2.10. The van der Waals surface area contributed by atoms with Crippen molar-refractivity contribution in [3.63, 3.8) is 0 Å². The molecule has 20 heavy (non-hydrogen) atoms. The standard InChI is InChI=1S/C17H25NO2/c1-17(2,3)14-7-9-15(10-8-14)20-12-16(19)18(4)11-13-5-6-13/h7-10,13H,5-6,11-12H2,1-4H3. The van der Waals surface area contributed by atoms with Crippen LogP contribution in [0.5, 0.6) is 5.75 Å². The Bertz CT molecular complexity index is 455. The van der Waals surface area contributed by atoms with Gasteiger partial charge in [-0.2, -0.15) is 0 Å². The first-order valence-electron chi connectivity index (χ1n) is 7.33. The molecule has 0 aromatic heterocycles. The molecule has 2 rings (SSSR count). The number of hydrogen-bond acceptors (Lipinski definition) is 2. The second-order valence-electron chi connectivity index (χ2n) is 6.78. The normalized spacial score (nSPS) is 15.0. The zero-order valence-electron chi connectivity index (χ0n) is 13.0. The largest absolute Gasteiger partial charge is 0.484 e. The highest BCUT2D eigenvalue weighted by atomic mass is 16.5. The highest BCUT2D eigenvalue weighted by Gasteiger charge is 2.24. The van der Waals surface area contributed by atoms with E-state index in [1.54, 1.807) is 4.90 Å². The van der Waals surface area contributed by atoms with Gasteiger partial charge in [0.15, 0.2) is 6.61 Å². The van der Waals surface area contributed by atoms with E-state index in [9.17, 15) is 4.79 Å². The third-order valence-corrected chi connectivity index (χ3v) is 3.74. The molecule has 0 atom stereocenters. The molecule has 0 aliphatic heterocycles. The SMILES string of the molecule is CN(CC1CC1)C(=O)COc1ccc(C(C)(C)C)cc1. The topological polar surface area (TPSA) is 29.5 Å². The summed E-state index contributed by atoms with van der Waals surface area (Å²) in [5.41, 5.74) is 1.40. The summed E-state index contributed by atoms with van der Waals surface area (Å²) in [6.45, 7) is 7.53. The minimum absolute atomic E-state index is 0.0526. The van der Waals surface area contributed by atoms with Gasteiger partial charge in [0.2, 0.25) is 0 Å². The summed E-state index contributed by atoms with van der Waals surface area (Å²) in [5.74, 6) is 1.53. The Morgan fingerprint density at radius 3 is 2.35 bits per heavy atom. The Hall–Kier alpha value is -1.51. The highest BCUT2D eigenvalue weighted by molar-refractivity contribution is 5.77. The first kappa shape index (κ1) is 14.9. The van der Waals surface area contributed by atoms with Crippen LogP contribution in [0.2, 0.25) is 0 Å². The van der Waals surface area contributed by atoms with Crippen molar-refractivity contribution in [2.24, 2.45) is 5.92 Å². The van der Waals surface area contributed by atoms with E-state index in [1.807, 2.05) is 19.2 Å². The molecule has 1 amide bonds. The smallest absolute Gasteiger partial charge is 0.260 e. The molecule has 1 aromatic rings. The van der Waals surface area contributed by atoms with E-state index >= 15 is 0 Å². The van der Waals surface area contributed by atoms with Gasteiger partial charge in [-0.05, 0) is 41.9 Å². The van der Waals surface area contributed by atoms with E-state index in [2.05, 4.69) is 32.9 Å². The van der Waals surface area contributed by atoms with Crippen molar-refractivity contribution < 1.29 is 9.53 Å². The fraction of sp³-hybridized carbons (Fsp3) is 0.588. The minimum atomic E-state index is 0.0526. The van der Waals surface area contributed by atoms with Crippen LogP contribution in [-0.2, 0) is 10.2 Å².